The summed E-state index contributed by atoms with van der Waals surface area (Å²) < 4.78 is 11.3. The van der Waals surface area contributed by atoms with E-state index in [2.05, 4.69) is 12.1 Å². The lowest BCUT2D eigenvalue weighted by atomic mass is 10.1. The van der Waals surface area contributed by atoms with Gasteiger partial charge in [0.15, 0.2) is 0 Å². The number of carbonyl (C=O) groups excluding carboxylic acids is 1. The van der Waals surface area contributed by atoms with Crippen LogP contribution in [0.1, 0.15) is 35.5 Å². The summed E-state index contributed by atoms with van der Waals surface area (Å²) in [7, 11) is 0. The molecule has 1 aromatic heterocycles. The van der Waals surface area contributed by atoms with Crippen LogP contribution in [-0.2, 0) is 29.0 Å². The maximum Gasteiger partial charge on any atom is 0.217 e. The van der Waals surface area contributed by atoms with Crippen molar-refractivity contribution in [2.24, 2.45) is 5.73 Å². The molecule has 118 valence electrons. The molecule has 0 aliphatic carbocycles. The third kappa shape index (κ3) is 5.37. The number of aryl methyl sites for hydroxylation is 3. The van der Waals surface area contributed by atoms with Gasteiger partial charge in [-0.2, -0.15) is 0 Å². The number of nitrogens with two attached hydrogens (primary N) is 1. The Morgan fingerprint density at radius 3 is 2.73 bits per heavy atom. The fourth-order valence-corrected chi connectivity index (χ4v) is 2.33. The van der Waals surface area contributed by atoms with E-state index in [1.54, 1.807) is 0 Å². The Balaban J connectivity index is 1.69. The zero-order valence-corrected chi connectivity index (χ0v) is 13.0. The van der Waals surface area contributed by atoms with Crippen LogP contribution < -0.4 is 5.73 Å². The van der Waals surface area contributed by atoms with E-state index in [4.69, 9.17) is 14.9 Å². The lowest BCUT2D eigenvalue weighted by Gasteiger charge is -2.04. The summed E-state index contributed by atoms with van der Waals surface area (Å²) in [6.07, 6.45) is 2.76. The average molecular weight is 301 g/mol. The molecular formula is C18H23NO3. The van der Waals surface area contributed by atoms with E-state index in [0.717, 1.165) is 31.0 Å². The molecule has 0 unspecified atom stereocenters. The van der Waals surface area contributed by atoms with Crippen molar-refractivity contribution in [3.63, 3.8) is 0 Å². The van der Waals surface area contributed by atoms with Crippen molar-refractivity contribution in [2.45, 2.75) is 39.2 Å². The van der Waals surface area contributed by atoms with Gasteiger partial charge in [0.25, 0.3) is 0 Å². The Kier molecular flexibility index (Phi) is 6.22. The first-order valence-corrected chi connectivity index (χ1v) is 7.63. The Morgan fingerprint density at radius 2 is 2.00 bits per heavy atom. The molecule has 1 aromatic carbocycles. The van der Waals surface area contributed by atoms with Crippen LogP contribution in [0.5, 0.6) is 0 Å². The lowest BCUT2D eigenvalue weighted by Crippen LogP contribution is -2.10. The van der Waals surface area contributed by atoms with Gasteiger partial charge in [-0.1, -0.05) is 30.3 Å². The summed E-state index contributed by atoms with van der Waals surface area (Å²) in [6, 6.07) is 12.2. The highest BCUT2D eigenvalue weighted by Crippen LogP contribution is 2.17. The molecule has 0 bridgehead atoms. The van der Waals surface area contributed by atoms with Gasteiger partial charge in [-0.25, -0.2) is 0 Å². The van der Waals surface area contributed by atoms with E-state index >= 15 is 0 Å². The van der Waals surface area contributed by atoms with Crippen molar-refractivity contribution in [3.05, 3.63) is 59.0 Å². The number of benzene rings is 1. The topological polar surface area (TPSA) is 65.5 Å². The number of primary amides is 1. The first-order valence-electron chi connectivity index (χ1n) is 7.63. The van der Waals surface area contributed by atoms with E-state index in [1.165, 1.54) is 11.1 Å². The smallest absolute Gasteiger partial charge is 0.217 e. The first-order chi connectivity index (χ1) is 10.6. The summed E-state index contributed by atoms with van der Waals surface area (Å²) in [5.74, 6) is 1.45. The Bertz CT molecular complexity index is 590. The zero-order valence-electron chi connectivity index (χ0n) is 13.0. The van der Waals surface area contributed by atoms with Gasteiger partial charge in [-0.3, -0.25) is 4.79 Å². The zero-order chi connectivity index (χ0) is 15.8. The normalized spacial score (nSPS) is 10.8. The highest BCUT2D eigenvalue weighted by Gasteiger charge is 2.08. The molecule has 0 saturated carbocycles. The monoisotopic (exact) mass is 301 g/mol. The molecule has 0 aliphatic rings. The van der Waals surface area contributed by atoms with E-state index < -0.39 is 0 Å². The SMILES string of the molecule is Cc1oc(CCC(N)=O)cc1CCCOCc1ccccc1. The summed E-state index contributed by atoms with van der Waals surface area (Å²) in [6.45, 7) is 3.32. The fourth-order valence-electron chi connectivity index (χ4n) is 2.33. The standard InChI is InChI=1S/C18H23NO3/c1-14-16(12-17(22-14)9-10-18(19)20)8-5-11-21-13-15-6-3-2-4-7-15/h2-4,6-7,12H,5,8-11,13H2,1H3,(H2,19,20). The highest BCUT2D eigenvalue weighted by atomic mass is 16.5. The summed E-state index contributed by atoms with van der Waals surface area (Å²) in [4.78, 5) is 10.8. The van der Waals surface area contributed by atoms with E-state index in [1.807, 2.05) is 31.2 Å². The predicted octanol–water partition coefficient (Wildman–Crippen LogP) is 3.16. The minimum Gasteiger partial charge on any atom is -0.466 e. The second-order valence-corrected chi connectivity index (χ2v) is 5.40. The first kappa shape index (κ1) is 16.3. The molecule has 4 nitrogen and oxygen atoms in total. The number of amides is 1. The number of carbonyl (C=O) groups is 1. The molecule has 0 atom stereocenters. The minimum atomic E-state index is -0.301. The Hall–Kier alpha value is -2.07. The third-order valence-corrected chi connectivity index (χ3v) is 3.54. The van der Waals surface area contributed by atoms with Gasteiger partial charge in [0.1, 0.15) is 11.5 Å². The molecule has 2 aromatic rings. The summed E-state index contributed by atoms with van der Waals surface area (Å²) in [5, 5.41) is 0. The van der Waals surface area contributed by atoms with Crippen molar-refractivity contribution in [3.8, 4) is 0 Å². The molecule has 0 radical (unpaired) electrons. The van der Waals surface area contributed by atoms with Crippen LogP contribution in [0.25, 0.3) is 0 Å². The second-order valence-electron chi connectivity index (χ2n) is 5.40. The predicted molar refractivity (Wildman–Crippen MR) is 85.4 cm³/mol. The summed E-state index contributed by atoms with van der Waals surface area (Å²) >= 11 is 0. The van der Waals surface area contributed by atoms with Crippen molar-refractivity contribution < 1.29 is 13.9 Å². The van der Waals surface area contributed by atoms with Crippen molar-refractivity contribution in [2.75, 3.05) is 6.61 Å². The number of hydrogen-bond donors (Lipinski definition) is 1. The summed E-state index contributed by atoms with van der Waals surface area (Å²) in [5.41, 5.74) is 7.52. The quantitative estimate of drug-likeness (QED) is 0.724. The molecule has 1 amide bonds. The maximum atomic E-state index is 10.8. The molecule has 0 aliphatic heterocycles. The molecule has 2 rings (SSSR count). The van der Waals surface area contributed by atoms with Crippen LogP contribution in [0.4, 0.5) is 0 Å². The van der Waals surface area contributed by atoms with Crippen molar-refractivity contribution in [1.82, 2.24) is 0 Å². The minimum absolute atomic E-state index is 0.301. The van der Waals surface area contributed by atoms with Crippen molar-refractivity contribution in [1.29, 1.82) is 0 Å². The third-order valence-electron chi connectivity index (χ3n) is 3.54. The van der Waals surface area contributed by atoms with Crippen molar-refractivity contribution >= 4 is 5.91 Å². The number of ether oxygens (including phenoxy) is 1. The molecule has 0 spiro atoms. The molecule has 1 heterocycles. The number of hydrogen-bond acceptors (Lipinski definition) is 3. The molecule has 2 N–H and O–H groups in total. The highest BCUT2D eigenvalue weighted by molar-refractivity contribution is 5.73. The van der Waals surface area contributed by atoms with Gasteiger partial charge in [0.05, 0.1) is 6.61 Å². The van der Waals surface area contributed by atoms with Gasteiger partial charge in [0, 0.05) is 19.4 Å². The number of rotatable bonds is 9. The van der Waals surface area contributed by atoms with E-state index in [9.17, 15) is 4.79 Å². The van der Waals surface area contributed by atoms with E-state index in [0.29, 0.717) is 19.4 Å². The van der Waals surface area contributed by atoms with Crippen LogP contribution in [0.15, 0.2) is 40.8 Å². The largest absolute Gasteiger partial charge is 0.466 e. The number of furan rings is 1. The second kappa shape index (κ2) is 8.39. The molecule has 0 fully saturated rings. The molecule has 4 heteroatoms. The van der Waals surface area contributed by atoms with Gasteiger partial charge in [-0.05, 0) is 37.0 Å². The van der Waals surface area contributed by atoms with Gasteiger partial charge in [-0.15, -0.1) is 0 Å². The maximum absolute atomic E-state index is 10.8. The molecular weight excluding hydrogens is 278 g/mol. The van der Waals surface area contributed by atoms with Crippen LogP contribution >= 0.6 is 0 Å². The Labute approximate surface area is 131 Å². The Morgan fingerprint density at radius 1 is 1.23 bits per heavy atom. The molecule has 0 saturated heterocycles. The van der Waals surface area contributed by atoms with Gasteiger partial charge < -0.3 is 14.9 Å². The van der Waals surface area contributed by atoms with Crippen LogP contribution in [0.3, 0.4) is 0 Å². The van der Waals surface area contributed by atoms with Gasteiger partial charge >= 0.3 is 0 Å². The average Bonchev–Trinajstić information content (AvgIpc) is 2.86. The molecule has 22 heavy (non-hydrogen) atoms. The van der Waals surface area contributed by atoms with Crippen LogP contribution in [-0.4, -0.2) is 12.5 Å². The van der Waals surface area contributed by atoms with E-state index in [-0.39, 0.29) is 5.91 Å². The van der Waals surface area contributed by atoms with Gasteiger partial charge in [0.2, 0.25) is 5.91 Å². The lowest BCUT2D eigenvalue weighted by molar-refractivity contribution is -0.118. The van der Waals surface area contributed by atoms with Crippen LogP contribution in [0, 0.1) is 6.92 Å². The fraction of sp³-hybridized carbons (Fsp3) is 0.389. The van der Waals surface area contributed by atoms with Crippen LogP contribution in [0.2, 0.25) is 0 Å².